The highest BCUT2D eigenvalue weighted by atomic mass is 35.5. The molecule has 3 nitrogen and oxygen atoms in total. The molecule has 0 aliphatic rings. The molecule has 1 aromatic carbocycles. The van der Waals surface area contributed by atoms with Crippen LogP contribution in [0.4, 0.5) is 5.69 Å². The van der Waals surface area contributed by atoms with Crippen molar-refractivity contribution in [3.8, 4) is 0 Å². The third kappa shape index (κ3) is 3.60. The lowest BCUT2D eigenvalue weighted by Gasteiger charge is -2.23. The minimum Gasteiger partial charge on any atom is -0.322 e. The first-order chi connectivity index (χ1) is 7.88. The Morgan fingerprint density at radius 3 is 2.41 bits per heavy atom. The molecule has 1 atom stereocenters. The standard InChI is InChI=1S/C12H16Cl2N2O/c1-3-7-12(2,15)11(17)16-10-8(13)5-4-6-9(10)14/h4-6H,3,7,15H2,1-2H3,(H,16,17). The molecular weight excluding hydrogens is 259 g/mol. The van der Waals surface area contributed by atoms with Gasteiger partial charge in [-0.1, -0.05) is 42.6 Å². The van der Waals surface area contributed by atoms with Crippen molar-refractivity contribution in [1.82, 2.24) is 0 Å². The van der Waals surface area contributed by atoms with Gasteiger partial charge >= 0.3 is 0 Å². The number of anilines is 1. The van der Waals surface area contributed by atoms with Gasteiger partial charge in [0, 0.05) is 0 Å². The molecule has 0 aliphatic heterocycles. The van der Waals surface area contributed by atoms with E-state index in [-0.39, 0.29) is 5.91 Å². The molecule has 0 aromatic heterocycles. The van der Waals surface area contributed by atoms with E-state index in [4.69, 9.17) is 28.9 Å². The van der Waals surface area contributed by atoms with E-state index in [0.717, 1.165) is 6.42 Å². The normalized spacial score (nSPS) is 14.2. The monoisotopic (exact) mass is 274 g/mol. The summed E-state index contributed by atoms with van der Waals surface area (Å²) in [5, 5.41) is 3.48. The maximum absolute atomic E-state index is 12.0. The maximum atomic E-state index is 12.0. The number of benzene rings is 1. The van der Waals surface area contributed by atoms with Gasteiger partial charge in [-0.3, -0.25) is 4.79 Å². The van der Waals surface area contributed by atoms with Gasteiger partial charge in [-0.05, 0) is 25.5 Å². The smallest absolute Gasteiger partial charge is 0.244 e. The van der Waals surface area contributed by atoms with Gasteiger partial charge < -0.3 is 11.1 Å². The lowest BCUT2D eigenvalue weighted by molar-refractivity contribution is -0.120. The topological polar surface area (TPSA) is 55.1 Å². The zero-order valence-electron chi connectivity index (χ0n) is 9.89. The van der Waals surface area contributed by atoms with Crippen molar-refractivity contribution in [2.24, 2.45) is 5.73 Å². The van der Waals surface area contributed by atoms with Crippen molar-refractivity contribution >= 4 is 34.8 Å². The van der Waals surface area contributed by atoms with Crippen molar-refractivity contribution in [2.75, 3.05) is 5.32 Å². The second kappa shape index (κ2) is 5.71. The van der Waals surface area contributed by atoms with Crippen LogP contribution in [0.2, 0.25) is 10.0 Å². The van der Waals surface area contributed by atoms with Gasteiger partial charge in [-0.25, -0.2) is 0 Å². The number of carbonyl (C=O) groups excluding carboxylic acids is 1. The first-order valence-corrected chi connectivity index (χ1v) is 6.18. The fraction of sp³-hybridized carbons (Fsp3) is 0.417. The summed E-state index contributed by atoms with van der Waals surface area (Å²) in [6.45, 7) is 3.66. The molecule has 1 amide bonds. The highest BCUT2D eigenvalue weighted by molar-refractivity contribution is 6.39. The molecular formula is C12H16Cl2N2O. The van der Waals surface area contributed by atoms with E-state index in [1.807, 2.05) is 6.92 Å². The molecule has 3 N–H and O–H groups in total. The molecule has 0 aliphatic carbocycles. The number of rotatable bonds is 4. The molecule has 0 bridgehead atoms. The molecule has 94 valence electrons. The van der Waals surface area contributed by atoms with E-state index in [2.05, 4.69) is 5.32 Å². The van der Waals surface area contributed by atoms with Gasteiger partial charge in [0.05, 0.1) is 21.3 Å². The van der Waals surface area contributed by atoms with Crippen LogP contribution < -0.4 is 11.1 Å². The summed E-state index contributed by atoms with van der Waals surface area (Å²) in [5.41, 5.74) is 5.41. The largest absolute Gasteiger partial charge is 0.322 e. The van der Waals surface area contributed by atoms with Gasteiger partial charge in [-0.15, -0.1) is 0 Å². The van der Waals surface area contributed by atoms with E-state index < -0.39 is 5.54 Å². The lowest BCUT2D eigenvalue weighted by atomic mass is 9.96. The number of nitrogens with one attached hydrogen (secondary N) is 1. The van der Waals surface area contributed by atoms with Crippen molar-refractivity contribution < 1.29 is 4.79 Å². The Bertz CT molecular complexity index is 399. The molecule has 0 fully saturated rings. The number of hydrogen-bond acceptors (Lipinski definition) is 2. The second-order valence-electron chi connectivity index (χ2n) is 4.22. The molecule has 17 heavy (non-hydrogen) atoms. The Hall–Kier alpha value is -0.770. The number of carbonyl (C=O) groups is 1. The van der Waals surface area contributed by atoms with E-state index in [1.54, 1.807) is 25.1 Å². The molecule has 1 rings (SSSR count). The Morgan fingerprint density at radius 2 is 1.94 bits per heavy atom. The zero-order chi connectivity index (χ0) is 13.1. The van der Waals surface area contributed by atoms with Gasteiger partial charge in [0.25, 0.3) is 0 Å². The van der Waals surface area contributed by atoms with Crippen molar-refractivity contribution in [2.45, 2.75) is 32.2 Å². The zero-order valence-corrected chi connectivity index (χ0v) is 11.4. The molecule has 5 heteroatoms. The molecule has 0 saturated heterocycles. The van der Waals surface area contributed by atoms with E-state index >= 15 is 0 Å². The highest BCUT2D eigenvalue weighted by Gasteiger charge is 2.28. The number of para-hydroxylation sites is 1. The number of halogens is 2. The van der Waals surface area contributed by atoms with Gasteiger partial charge in [0.2, 0.25) is 5.91 Å². The lowest BCUT2D eigenvalue weighted by Crippen LogP contribution is -2.48. The Morgan fingerprint density at radius 1 is 1.41 bits per heavy atom. The Kier molecular flexibility index (Phi) is 4.80. The third-order valence-electron chi connectivity index (χ3n) is 2.49. The van der Waals surface area contributed by atoms with Crippen LogP contribution in [0.1, 0.15) is 26.7 Å². The van der Waals surface area contributed by atoms with Crippen LogP contribution in [-0.4, -0.2) is 11.4 Å². The summed E-state index contributed by atoms with van der Waals surface area (Å²) >= 11 is 11.9. The third-order valence-corrected chi connectivity index (χ3v) is 3.12. The highest BCUT2D eigenvalue weighted by Crippen LogP contribution is 2.30. The summed E-state index contributed by atoms with van der Waals surface area (Å²) in [5.74, 6) is -0.283. The predicted octanol–water partition coefficient (Wildman–Crippen LogP) is 3.45. The van der Waals surface area contributed by atoms with Crippen molar-refractivity contribution in [3.63, 3.8) is 0 Å². The van der Waals surface area contributed by atoms with Crippen LogP contribution in [0.15, 0.2) is 18.2 Å². The van der Waals surface area contributed by atoms with E-state index in [9.17, 15) is 4.79 Å². The fourth-order valence-corrected chi connectivity index (χ4v) is 2.00. The van der Waals surface area contributed by atoms with Gasteiger partial charge in [0.1, 0.15) is 0 Å². The van der Waals surface area contributed by atoms with Gasteiger partial charge in [-0.2, -0.15) is 0 Å². The van der Waals surface area contributed by atoms with Crippen LogP contribution in [0.3, 0.4) is 0 Å². The Balaban J connectivity index is 2.88. The Labute approximate surface area is 111 Å². The minimum atomic E-state index is -0.919. The van der Waals surface area contributed by atoms with Crippen LogP contribution >= 0.6 is 23.2 Å². The summed E-state index contributed by atoms with van der Waals surface area (Å²) in [7, 11) is 0. The van der Waals surface area contributed by atoms with Crippen LogP contribution in [0.25, 0.3) is 0 Å². The number of hydrogen-bond donors (Lipinski definition) is 2. The maximum Gasteiger partial charge on any atom is 0.244 e. The van der Waals surface area contributed by atoms with Crippen LogP contribution in [-0.2, 0) is 4.79 Å². The van der Waals surface area contributed by atoms with Crippen molar-refractivity contribution in [1.29, 1.82) is 0 Å². The summed E-state index contributed by atoms with van der Waals surface area (Å²) in [6, 6.07) is 5.04. The molecule has 1 unspecified atom stereocenters. The van der Waals surface area contributed by atoms with Crippen LogP contribution in [0.5, 0.6) is 0 Å². The average molecular weight is 275 g/mol. The van der Waals surface area contributed by atoms with Gasteiger partial charge in [0.15, 0.2) is 0 Å². The summed E-state index contributed by atoms with van der Waals surface area (Å²) < 4.78 is 0. The molecule has 0 radical (unpaired) electrons. The number of amides is 1. The fourth-order valence-electron chi connectivity index (χ4n) is 1.51. The van der Waals surface area contributed by atoms with E-state index in [0.29, 0.717) is 22.2 Å². The average Bonchev–Trinajstić information content (AvgIpc) is 2.23. The quantitative estimate of drug-likeness (QED) is 0.884. The van der Waals surface area contributed by atoms with Crippen molar-refractivity contribution in [3.05, 3.63) is 28.2 Å². The first kappa shape index (κ1) is 14.3. The summed E-state index contributed by atoms with van der Waals surface area (Å²) in [6.07, 6.45) is 1.43. The number of nitrogens with two attached hydrogens (primary N) is 1. The molecule has 1 aromatic rings. The SMILES string of the molecule is CCCC(C)(N)C(=O)Nc1c(Cl)cccc1Cl. The minimum absolute atomic E-state index is 0.283. The van der Waals surface area contributed by atoms with Crippen LogP contribution in [0, 0.1) is 0 Å². The molecule has 0 heterocycles. The summed E-state index contributed by atoms with van der Waals surface area (Å²) in [4.78, 5) is 12.0. The molecule has 0 saturated carbocycles. The molecule has 0 spiro atoms. The van der Waals surface area contributed by atoms with E-state index in [1.165, 1.54) is 0 Å². The first-order valence-electron chi connectivity index (χ1n) is 5.43. The predicted molar refractivity (Wildman–Crippen MR) is 72.6 cm³/mol. The second-order valence-corrected chi connectivity index (χ2v) is 5.03.